The molecule has 12 rings (SSSR count). The molecule has 5 aliphatic rings. The van der Waals surface area contributed by atoms with E-state index in [2.05, 4.69) is 261 Å². The van der Waals surface area contributed by atoms with Crippen LogP contribution in [0.1, 0.15) is 187 Å². The highest BCUT2D eigenvalue weighted by molar-refractivity contribution is 7.00. The number of nitrogens with zero attached hydrogens (tertiary/aromatic N) is 2. The standard InChI is InChI=1S/C70H79BN2/c1-63(2,3)46-33-60-62-61(34-46)73(57-31-28-45(32-48(57)43-24-20-18-21-25-43)70(16,17)44-26-22-19-23-27-44)59-39-54-52(67(10,11)42-69(54,14)15)37-56(59)71(62)55-36-51-53(68(12,13)41-66(51,8)9)38-58(55)72(60)47-29-30-49-50(35-47)65(6,7)40-64(49,4)5/h18-39H,40-42H2,1-17H3. The van der Waals surface area contributed by atoms with Gasteiger partial charge in [-0.05, 0) is 178 Å². The summed E-state index contributed by atoms with van der Waals surface area (Å²) in [5.41, 5.74) is 27.3. The Morgan fingerprint density at radius 2 is 0.822 bits per heavy atom. The number of anilines is 6. The molecule has 0 spiro atoms. The van der Waals surface area contributed by atoms with Gasteiger partial charge in [0.1, 0.15) is 0 Å². The van der Waals surface area contributed by atoms with Crippen LogP contribution in [0.4, 0.5) is 34.1 Å². The average Bonchev–Trinajstić information content (AvgIpc) is 3.72. The lowest BCUT2D eigenvalue weighted by molar-refractivity contribution is 0.403. The van der Waals surface area contributed by atoms with Crippen molar-refractivity contribution < 1.29 is 0 Å². The third kappa shape index (κ3) is 7.09. The second-order valence-corrected chi connectivity index (χ2v) is 28.8. The minimum Gasteiger partial charge on any atom is -0.311 e. The number of hydrogen-bond donors (Lipinski definition) is 0. The molecule has 0 fully saturated rings. The Morgan fingerprint density at radius 3 is 1.34 bits per heavy atom. The lowest BCUT2D eigenvalue weighted by Gasteiger charge is -2.46. The first-order chi connectivity index (χ1) is 34.0. The van der Waals surface area contributed by atoms with E-state index in [0.717, 1.165) is 19.3 Å². The smallest absolute Gasteiger partial charge is 0.252 e. The van der Waals surface area contributed by atoms with Crippen molar-refractivity contribution >= 4 is 57.2 Å². The van der Waals surface area contributed by atoms with Crippen molar-refractivity contribution in [3.63, 3.8) is 0 Å². The molecule has 0 saturated carbocycles. The Labute approximate surface area is 439 Å². The molecular weight excluding hydrogens is 880 g/mol. The topological polar surface area (TPSA) is 6.48 Å². The van der Waals surface area contributed by atoms with Crippen LogP contribution in [-0.2, 0) is 43.3 Å². The zero-order valence-electron chi connectivity index (χ0n) is 47.3. The molecule has 0 aromatic heterocycles. The molecule has 3 heteroatoms. The molecule has 0 N–H and O–H groups in total. The highest BCUT2D eigenvalue weighted by Gasteiger charge is 2.51. The Hall–Kier alpha value is -5.80. The summed E-state index contributed by atoms with van der Waals surface area (Å²) >= 11 is 0. The van der Waals surface area contributed by atoms with Gasteiger partial charge in [0.25, 0.3) is 6.71 Å². The third-order valence-corrected chi connectivity index (χ3v) is 19.0. The molecule has 0 bridgehead atoms. The van der Waals surface area contributed by atoms with Crippen molar-refractivity contribution in [3.8, 4) is 11.1 Å². The largest absolute Gasteiger partial charge is 0.311 e. The third-order valence-electron chi connectivity index (χ3n) is 19.0. The van der Waals surface area contributed by atoms with Gasteiger partial charge in [0.15, 0.2) is 0 Å². The quantitative estimate of drug-likeness (QED) is 0.159. The molecule has 3 aliphatic carbocycles. The summed E-state index contributed by atoms with van der Waals surface area (Å²) in [6, 6.07) is 53.2. The summed E-state index contributed by atoms with van der Waals surface area (Å²) in [4.78, 5) is 5.47. The molecule has 2 aliphatic heterocycles. The zero-order chi connectivity index (χ0) is 52.0. The van der Waals surface area contributed by atoms with Gasteiger partial charge in [-0.25, -0.2) is 0 Å². The summed E-state index contributed by atoms with van der Waals surface area (Å²) in [5.74, 6) is 0. The normalized spacial score (nSPS) is 19.7. The van der Waals surface area contributed by atoms with E-state index in [4.69, 9.17) is 0 Å². The van der Waals surface area contributed by atoms with Gasteiger partial charge < -0.3 is 9.80 Å². The van der Waals surface area contributed by atoms with Crippen LogP contribution >= 0.6 is 0 Å². The maximum Gasteiger partial charge on any atom is 0.252 e. The lowest BCUT2D eigenvalue weighted by atomic mass is 9.33. The van der Waals surface area contributed by atoms with E-state index in [1.165, 1.54) is 112 Å². The Balaban J connectivity index is 1.23. The summed E-state index contributed by atoms with van der Waals surface area (Å²) in [7, 11) is 0. The van der Waals surface area contributed by atoms with Crippen LogP contribution in [0.25, 0.3) is 11.1 Å². The van der Waals surface area contributed by atoms with E-state index in [0.29, 0.717) is 0 Å². The van der Waals surface area contributed by atoms with Crippen LogP contribution in [0, 0.1) is 0 Å². The molecule has 372 valence electrons. The predicted molar refractivity (Wildman–Crippen MR) is 315 cm³/mol. The summed E-state index contributed by atoms with van der Waals surface area (Å²) in [5, 5.41) is 0. The van der Waals surface area contributed by atoms with Crippen LogP contribution in [0.5, 0.6) is 0 Å². The molecule has 0 atom stereocenters. The van der Waals surface area contributed by atoms with Crippen molar-refractivity contribution in [2.75, 3.05) is 9.80 Å². The number of benzene rings is 7. The molecule has 2 nitrogen and oxygen atoms in total. The van der Waals surface area contributed by atoms with E-state index >= 15 is 0 Å². The fourth-order valence-corrected chi connectivity index (χ4v) is 16.0. The van der Waals surface area contributed by atoms with Gasteiger partial charge in [0, 0.05) is 39.4 Å². The molecule has 0 radical (unpaired) electrons. The monoisotopic (exact) mass is 959 g/mol. The van der Waals surface area contributed by atoms with Gasteiger partial charge in [-0.1, -0.05) is 203 Å². The highest BCUT2D eigenvalue weighted by atomic mass is 15.2. The first kappa shape index (κ1) is 48.2. The number of hydrogen-bond acceptors (Lipinski definition) is 2. The van der Waals surface area contributed by atoms with Crippen molar-refractivity contribution in [1.29, 1.82) is 0 Å². The molecular formula is C70H79BN2. The highest BCUT2D eigenvalue weighted by Crippen LogP contribution is 2.57. The maximum absolute atomic E-state index is 2.74. The Bertz CT molecular complexity index is 3440. The van der Waals surface area contributed by atoms with E-state index in [-0.39, 0.29) is 50.0 Å². The lowest BCUT2D eigenvalue weighted by Crippen LogP contribution is -2.62. The van der Waals surface area contributed by atoms with Gasteiger partial charge >= 0.3 is 0 Å². The van der Waals surface area contributed by atoms with Crippen LogP contribution in [0.15, 0.2) is 133 Å². The Morgan fingerprint density at radius 1 is 0.370 bits per heavy atom. The summed E-state index contributed by atoms with van der Waals surface area (Å²) in [6.45, 7) is 41.8. The summed E-state index contributed by atoms with van der Waals surface area (Å²) < 4.78 is 0. The van der Waals surface area contributed by atoms with Gasteiger partial charge in [0.2, 0.25) is 0 Å². The summed E-state index contributed by atoms with van der Waals surface area (Å²) in [6.07, 6.45) is 3.37. The van der Waals surface area contributed by atoms with Gasteiger partial charge in [-0.2, -0.15) is 0 Å². The minimum atomic E-state index is -0.220. The van der Waals surface area contributed by atoms with Crippen molar-refractivity contribution in [1.82, 2.24) is 0 Å². The maximum atomic E-state index is 2.74. The SMILES string of the molecule is CC(C)(C)c1cc2c3c(c1)N(c1ccc(C(C)(C)c4ccccc4)cc1-c1ccccc1)c1cc4c(cc1B3c1cc3c(cc1N2c1ccc2c(c1)C(C)(C)CC2(C)C)C(C)(C)CC3(C)C)C(C)(C)CC4(C)C. The van der Waals surface area contributed by atoms with Crippen LogP contribution in [0.2, 0.25) is 0 Å². The van der Waals surface area contributed by atoms with E-state index in [9.17, 15) is 0 Å². The van der Waals surface area contributed by atoms with Crippen LogP contribution in [-0.4, -0.2) is 6.71 Å². The van der Waals surface area contributed by atoms with Gasteiger partial charge in [-0.3, -0.25) is 0 Å². The van der Waals surface area contributed by atoms with E-state index in [1.54, 1.807) is 0 Å². The van der Waals surface area contributed by atoms with Crippen LogP contribution in [0.3, 0.4) is 0 Å². The average molecular weight is 959 g/mol. The molecule has 0 saturated heterocycles. The van der Waals surface area contributed by atoms with Crippen LogP contribution < -0.4 is 26.2 Å². The van der Waals surface area contributed by atoms with E-state index in [1.807, 2.05) is 0 Å². The number of rotatable bonds is 5. The number of fused-ring (bicyclic) bond motifs is 7. The first-order valence-electron chi connectivity index (χ1n) is 27.6. The minimum absolute atomic E-state index is 0.0116. The zero-order valence-corrected chi connectivity index (χ0v) is 47.3. The molecule has 0 amide bonds. The van der Waals surface area contributed by atoms with Gasteiger partial charge in [-0.15, -0.1) is 0 Å². The fourth-order valence-electron chi connectivity index (χ4n) is 16.0. The first-order valence-corrected chi connectivity index (χ1v) is 27.6. The second-order valence-electron chi connectivity index (χ2n) is 28.8. The Kier molecular flexibility index (Phi) is 10.0. The van der Waals surface area contributed by atoms with Gasteiger partial charge in [0.05, 0.1) is 5.69 Å². The van der Waals surface area contributed by atoms with E-state index < -0.39 is 0 Å². The van der Waals surface area contributed by atoms with Crippen molar-refractivity contribution in [3.05, 3.63) is 184 Å². The second kappa shape index (κ2) is 15.2. The molecule has 2 heterocycles. The predicted octanol–water partition coefficient (Wildman–Crippen LogP) is 16.9. The van der Waals surface area contributed by atoms with Crippen molar-refractivity contribution in [2.24, 2.45) is 0 Å². The molecule has 7 aromatic carbocycles. The van der Waals surface area contributed by atoms with Crippen molar-refractivity contribution in [2.45, 2.75) is 180 Å². The molecule has 73 heavy (non-hydrogen) atoms. The molecule has 7 aromatic rings. The molecule has 0 unspecified atom stereocenters. The fraction of sp³-hybridized carbons (Fsp3) is 0.400.